The number of sulfone groups is 1. The standard InChI is InChI=1S/C13H10ClF2NO2S/c14-11-3-1-9(15)5-8(11)7-20(18,19)10-2-4-13(17)12(16)6-10/h1-6H,7,17H2. The van der Waals surface area contributed by atoms with Crippen LogP contribution in [0.25, 0.3) is 0 Å². The fourth-order valence-electron chi connectivity index (χ4n) is 1.64. The molecule has 2 N–H and O–H groups in total. The summed E-state index contributed by atoms with van der Waals surface area (Å²) in [5, 5.41) is 0.130. The molecule has 0 aliphatic heterocycles. The van der Waals surface area contributed by atoms with Crippen molar-refractivity contribution in [2.75, 3.05) is 5.73 Å². The molecule has 0 heterocycles. The Kier molecular flexibility index (Phi) is 3.96. The van der Waals surface area contributed by atoms with Crippen LogP contribution in [0.3, 0.4) is 0 Å². The molecule has 0 amide bonds. The molecule has 0 unspecified atom stereocenters. The molecule has 3 nitrogen and oxygen atoms in total. The van der Waals surface area contributed by atoms with Gasteiger partial charge in [0.2, 0.25) is 0 Å². The van der Waals surface area contributed by atoms with Gasteiger partial charge in [0.25, 0.3) is 0 Å². The van der Waals surface area contributed by atoms with Crippen molar-refractivity contribution in [2.45, 2.75) is 10.6 Å². The average Bonchev–Trinajstić information content (AvgIpc) is 2.36. The summed E-state index contributed by atoms with van der Waals surface area (Å²) in [7, 11) is -3.84. The molecule has 0 aliphatic rings. The molecule has 2 rings (SSSR count). The van der Waals surface area contributed by atoms with Crippen LogP contribution in [0.1, 0.15) is 5.56 Å². The van der Waals surface area contributed by atoms with E-state index in [1.807, 2.05) is 0 Å². The van der Waals surface area contributed by atoms with Crippen LogP contribution >= 0.6 is 11.6 Å². The normalized spacial score (nSPS) is 11.6. The van der Waals surface area contributed by atoms with Gasteiger partial charge < -0.3 is 5.73 Å². The van der Waals surface area contributed by atoms with Crippen LogP contribution in [0.15, 0.2) is 41.3 Å². The third-order valence-corrected chi connectivity index (χ3v) is 4.72. The molecular weight excluding hydrogens is 308 g/mol. The summed E-state index contributed by atoms with van der Waals surface area (Å²) in [5.74, 6) is -1.94. The first-order chi connectivity index (χ1) is 9.29. The second-order valence-corrected chi connectivity index (χ2v) is 6.57. The summed E-state index contributed by atoms with van der Waals surface area (Å²) in [6.45, 7) is 0. The molecule has 106 valence electrons. The Bertz CT molecular complexity index is 763. The number of halogens is 3. The third-order valence-electron chi connectivity index (χ3n) is 2.68. The molecule has 2 aromatic rings. The van der Waals surface area contributed by atoms with Crippen LogP contribution in [0, 0.1) is 11.6 Å². The maximum absolute atomic E-state index is 13.3. The SMILES string of the molecule is Nc1ccc(S(=O)(=O)Cc2cc(F)ccc2Cl)cc1F. The van der Waals surface area contributed by atoms with Gasteiger partial charge in [0, 0.05) is 5.02 Å². The quantitative estimate of drug-likeness (QED) is 0.884. The predicted molar refractivity (Wildman–Crippen MR) is 73.1 cm³/mol. The van der Waals surface area contributed by atoms with Crippen molar-refractivity contribution < 1.29 is 17.2 Å². The second kappa shape index (κ2) is 5.38. The van der Waals surface area contributed by atoms with Gasteiger partial charge in [0.1, 0.15) is 11.6 Å². The van der Waals surface area contributed by atoms with E-state index in [0.717, 1.165) is 24.3 Å². The topological polar surface area (TPSA) is 60.2 Å². The Hall–Kier alpha value is -1.66. The van der Waals surface area contributed by atoms with Crippen molar-refractivity contribution in [3.63, 3.8) is 0 Å². The molecule has 7 heteroatoms. The van der Waals surface area contributed by atoms with E-state index in [2.05, 4.69) is 0 Å². The summed E-state index contributed by atoms with van der Waals surface area (Å²) in [6.07, 6.45) is 0. The molecule has 0 saturated heterocycles. The van der Waals surface area contributed by atoms with Crippen molar-refractivity contribution in [3.8, 4) is 0 Å². The highest BCUT2D eigenvalue weighted by atomic mass is 35.5. The Morgan fingerprint density at radius 3 is 2.45 bits per heavy atom. The minimum Gasteiger partial charge on any atom is -0.396 e. The molecule has 0 spiro atoms. The van der Waals surface area contributed by atoms with Crippen molar-refractivity contribution in [3.05, 3.63) is 58.6 Å². The minimum atomic E-state index is -3.84. The smallest absolute Gasteiger partial charge is 0.182 e. The largest absolute Gasteiger partial charge is 0.396 e. The number of benzene rings is 2. The van der Waals surface area contributed by atoms with Gasteiger partial charge in [-0.1, -0.05) is 11.6 Å². The number of nitrogen functional groups attached to an aromatic ring is 1. The van der Waals surface area contributed by atoms with E-state index in [1.54, 1.807) is 0 Å². The van der Waals surface area contributed by atoms with Crippen molar-refractivity contribution >= 4 is 27.1 Å². The molecule has 0 atom stereocenters. The number of hydrogen-bond acceptors (Lipinski definition) is 3. The minimum absolute atomic E-state index is 0.115. The van der Waals surface area contributed by atoms with Gasteiger partial charge in [-0.05, 0) is 42.0 Å². The van der Waals surface area contributed by atoms with E-state index in [4.69, 9.17) is 17.3 Å². The summed E-state index contributed by atoms with van der Waals surface area (Å²) in [4.78, 5) is -0.232. The highest BCUT2D eigenvalue weighted by molar-refractivity contribution is 7.90. The Balaban J connectivity index is 2.40. The monoisotopic (exact) mass is 317 g/mol. The Morgan fingerprint density at radius 2 is 1.80 bits per heavy atom. The van der Waals surface area contributed by atoms with Crippen LogP contribution in [0.5, 0.6) is 0 Å². The lowest BCUT2D eigenvalue weighted by Crippen LogP contribution is -2.07. The summed E-state index contributed by atoms with van der Waals surface area (Å²) >= 11 is 5.82. The fourth-order valence-corrected chi connectivity index (χ4v) is 3.28. The van der Waals surface area contributed by atoms with Crippen LogP contribution in [-0.2, 0) is 15.6 Å². The van der Waals surface area contributed by atoms with Crippen molar-refractivity contribution in [1.82, 2.24) is 0 Å². The van der Waals surface area contributed by atoms with Crippen LogP contribution in [-0.4, -0.2) is 8.42 Å². The summed E-state index contributed by atoms with van der Waals surface area (Å²) < 4.78 is 50.7. The van der Waals surface area contributed by atoms with Gasteiger partial charge in [-0.3, -0.25) is 0 Å². The van der Waals surface area contributed by atoms with E-state index in [-0.39, 0.29) is 21.2 Å². The molecule has 20 heavy (non-hydrogen) atoms. The first-order valence-electron chi connectivity index (χ1n) is 5.51. The summed E-state index contributed by atoms with van der Waals surface area (Å²) in [6, 6.07) is 6.62. The molecule has 0 aliphatic carbocycles. The zero-order chi connectivity index (χ0) is 14.9. The predicted octanol–water partition coefficient (Wildman–Crippen LogP) is 3.17. The van der Waals surface area contributed by atoms with Gasteiger partial charge in [0.05, 0.1) is 16.3 Å². The molecule has 0 radical (unpaired) electrons. The Labute approximate surface area is 119 Å². The highest BCUT2D eigenvalue weighted by Crippen LogP contribution is 2.24. The number of rotatable bonds is 3. The highest BCUT2D eigenvalue weighted by Gasteiger charge is 2.19. The summed E-state index contributed by atoms with van der Waals surface area (Å²) in [5.41, 5.74) is 5.26. The second-order valence-electron chi connectivity index (χ2n) is 4.18. The van der Waals surface area contributed by atoms with Crippen LogP contribution in [0.2, 0.25) is 5.02 Å². The van der Waals surface area contributed by atoms with E-state index in [1.165, 1.54) is 12.1 Å². The van der Waals surface area contributed by atoms with Gasteiger partial charge in [0.15, 0.2) is 9.84 Å². The lowest BCUT2D eigenvalue weighted by molar-refractivity contribution is 0.590. The van der Waals surface area contributed by atoms with Crippen LogP contribution in [0.4, 0.5) is 14.5 Å². The van der Waals surface area contributed by atoms with E-state index in [9.17, 15) is 17.2 Å². The van der Waals surface area contributed by atoms with E-state index < -0.39 is 27.2 Å². The van der Waals surface area contributed by atoms with E-state index >= 15 is 0 Å². The van der Waals surface area contributed by atoms with Gasteiger partial charge in [-0.2, -0.15) is 0 Å². The van der Waals surface area contributed by atoms with Crippen molar-refractivity contribution in [1.29, 1.82) is 0 Å². The Morgan fingerprint density at radius 1 is 1.10 bits per heavy atom. The fraction of sp³-hybridized carbons (Fsp3) is 0.0769. The molecule has 2 aromatic carbocycles. The van der Waals surface area contributed by atoms with E-state index in [0.29, 0.717) is 0 Å². The lowest BCUT2D eigenvalue weighted by Gasteiger charge is -2.07. The molecule has 0 bridgehead atoms. The lowest BCUT2D eigenvalue weighted by atomic mass is 10.2. The maximum Gasteiger partial charge on any atom is 0.182 e. The zero-order valence-electron chi connectivity index (χ0n) is 10.1. The number of hydrogen-bond donors (Lipinski definition) is 1. The van der Waals surface area contributed by atoms with Crippen molar-refractivity contribution in [2.24, 2.45) is 0 Å². The first-order valence-corrected chi connectivity index (χ1v) is 7.54. The number of anilines is 1. The van der Waals surface area contributed by atoms with Gasteiger partial charge in [-0.15, -0.1) is 0 Å². The molecule has 0 aromatic heterocycles. The molecule has 0 saturated carbocycles. The molecular formula is C13H10ClF2NO2S. The van der Waals surface area contributed by atoms with Gasteiger partial charge >= 0.3 is 0 Å². The maximum atomic E-state index is 13.3. The van der Waals surface area contributed by atoms with Crippen LogP contribution < -0.4 is 5.73 Å². The number of nitrogens with two attached hydrogens (primary N) is 1. The average molecular weight is 318 g/mol. The van der Waals surface area contributed by atoms with Gasteiger partial charge in [-0.25, -0.2) is 17.2 Å². The third kappa shape index (κ3) is 3.08. The first kappa shape index (κ1) is 14.7. The zero-order valence-corrected chi connectivity index (χ0v) is 11.7. The molecule has 0 fully saturated rings.